The normalized spacial score (nSPS) is 11.1. The molecule has 0 radical (unpaired) electrons. The Balaban J connectivity index is 1.90. The molecule has 0 heterocycles. The van der Waals surface area contributed by atoms with Crippen LogP contribution in [-0.2, 0) is 11.0 Å². The van der Waals surface area contributed by atoms with E-state index in [-0.39, 0.29) is 33.7 Å². The molecule has 2 rings (SSSR count). The molecule has 2 N–H and O–H groups in total. The summed E-state index contributed by atoms with van der Waals surface area (Å²) < 4.78 is 38.4. The van der Waals surface area contributed by atoms with Crippen molar-refractivity contribution in [3.05, 3.63) is 63.1 Å². The summed E-state index contributed by atoms with van der Waals surface area (Å²) in [6, 6.07) is 9.83. The number of hydrogen-bond acceptors (Lipinski definition) is 2. The highest BCUT2D eigenvalue weighted by Crippen LogP contribution is 2.36. The molecule has 0 spiro atoms. The van der Waals surface area contributed by atoms with Gasteiger partial charge in [0, 0.05) is 23.1 Å². The Morgan fingerprint density at radius 2 is 1.81 bits per heavy atom. The van der Waals surface area contributed by atoms with Crippen LogP contribution in [-0.4, -0.2) is 18.4 Å². The average molecular weight is 450 g/mol. The van der Waals surface area contributed by atoms with E-state index in [0.29, 0.717) is 0 Å². The fourth-order valence-electron chi connectivity index (χ4n) is 2.07. The molecule has 138 valence electrons. The van der Waals surface area contributed by atoms with Gasteiger partial charge in [-0.1, -0.05) is 39.7 Å². The van der Waals surface area contributed by atoms with E-state index in [4.69, 9.17) is 11.6 Å². The largest absolute Gasteiger partial charge is 0.417 e. The topological polar surface area (TPSA) is 58.2 Å². The number of carbonyl (C=O) groups excluding carboxylic acids is 2. The van der Waals surface area contributed by atoms with Gasteiger partial charge in [-0.05, 0) is 30.3 Å². The van der Waals surface area contributed by atoms with Crippen molar-refractivity contribution >= 4 is 45.0 Å². The predicted octanol–water partition coefficient (Wildman–Crippen LogP) is 4.88. The zero-order valence-corrected chi connectivity index (χ0v) is 15.5. The number of alkyl halides is 3. The summed E-state index contributed by atoms with van der Waals surface area (Å²) in [4.78, 5) is 23.8. The zero-order chi connectivity index (χ0) is 19.3. The highest BCUT2D eigenvalue weighted by atomic mass is 79.9. The van der Waals surface area contributed by atoms with Crippen molar-refractivity contribution < 1.29 is 22.8 Å². The minimum atomic E-state index is -4.54. The third-order valence-electron chi connectivity index (χ3n) is 3.31. The van der Waals surface area contributed by atoms with E-state index in [0.717, 1.165) is 6.07 Å². The molecule has 0 bridgehead atoms. The Kier molecular flexibility index (Phi) is 6.66. The van der Waals surface area contributed by atoms with E-state index in [9.17, 15) is 22.8 Å². The summed E-state index contributed by atoms with van der Waals surface area (Å²) in [5.41, 5.74) is -0.595. The van der Waals surface area contributed by atoms with Gasteiger partial charge in [-0.2, -0.15) is 13.2 Å². The number of anilines is 1. The molecule has 4 nitrogen and oxygen atoms in total. The predicted molar refractivity (Wildman–Crippen MR) is 96.2 cm³/mol. The molecule has 0 unspecified atom stereocenters. The van der Waals surface area contributed by atoms with Gasteiger partial charge in [-0.3, -0.25) is 9.59 Å². The smallest absolute Gasteiger partial charge is 0.351 e. The lowest BCUT2D eigenvalue weighted by molar-refractivity contribution is -0.138. The first-order chi connectivity index (χ1) is 12.2. The molecule has 2 amide bonds. The molecule has 0 atom stereocenters. The van der Waals surface area contributed by atoms with Crippen LogP contribution in [0, 0.1) is 0 Å². The Hall–Kier alpha value is -2.06. The van der Waals surface area contributed by atoms with Gasteiger partial charge in [0.25, 0.3) is 5.91 Å². The minimum Gasteiger partial charge on any atom is -0.351 e. The molecule has 0 saturated carbocycles. The minimum absolute atomic E-state index is 0.0124. The highest BCUT2D eigenvalue weighted by Gasteiger charge is 2.33. The number of halogens is 5. The van der Waals surface area contributed by atoms with Crippen molar-refractivity contribution in [3.8, 4) is 0 Å². The number of nitrogens with one attached hydrogen (secondary N) is 2. The molecule has 0 saturated heterocycles. The number of benzene rings is 2. The lowest BCUT2D eigenvalue weighted by atomic mass is 10.2. The molecule has 26 heavy (non-hydrogen) atoms. The molecular formula is C17H13BrClF3N2O2. The fourth-order valence-corrected chi connectivity index (χ4v) is 2.77. The van der Waals surface area contributed by atoms with Gasteiger partial charge in [-0.15, -0.1) is 0 Å². The van der Waals surface area contributed by atoms with Crippen LogP contribution < -0.4 is 10.6 Å². The van der Waals surface area contributed by atoms with Crippen molar-refractivity contribution in [2.75, 3.05) is 11.9 Å². The van der Waals surface area contributed by atoms with Crippen LogP contribution in [0.5, 0.6) is 0 Å². The molecule has 0 fully saturated rings. The van der Waals surface area contributed by atoms with Crippen LogP contribution in [0.15, 0.2) is 46.9 Å². The van der Waals surface area contributed by atoms with Crippen LogP contribution >= 0.6 is 27.5 Å². The molecule has 0 aromatic heterocycles. The first-order valence-corrected chi connectivity index (χ1v) is 8.55. The number of rotatable bonds is 5. The summed E-state index contributed by atoms with van der Waals surface area (Å²) in [6.45, 7) is 0.0124. The Morgan fingerprint density at radius 1 is 1.12 bits per heavy atom. The van der Waals surface area contributed by atoms with Crippen LogP contribution in [0.1, 0.15) is 22.3 Å². The van der Waals surface area contributed by atoms with E-state index in [1.165, 1.54) is 18.2 Å². The summed E-state index contributed by atoms with van der Waals surface area (Å²) in [7, 11) is 0. The van der Waals surface area contributed by atoms with Gasteiger partial charge in [0.2, 0.25) is 5.91 Å². The van der Waals surface area contributed by atoms with E-state index in [2.05, 4.69) is 26.6 Å². The van der Waals surface area contributed by atoms with Gasteiger partial charge < -0.3 is 10.6 Å². The standard InChI is InChI=1S/C17H13BrClF3N2O2/c18-13-6-5-10(9-12(13)17(20,21)22)24-15(25)7-8-23-16(26)11-3-1-2-4-14(11)19/h1-6,9H,7-8H2,(H,23,26)(H,24,25). The third kappa shape index (κ3) is 5.47. The van der Waals surface area contributed by atoms with E-state index in [1.54, 1.807) is 18.2 Å². The third-order valence-corrected chi connectivity index (χ3v) is 4.33. The van der Waals surface area contributed by atoms with E-state index >= 15 is 0 Å². The second kappa shape index (κ2) is 8.55. The molecule has 9 heteroatoms. The fraction of sp³-hybridized carbons (Fsp3) is 0.176. The maximum absolute atomic E-state index is 12.9. The lowest BCUT2D eigenvalue weighted by Gasteiger charge is -2.12. The molecule has 2 aromatic carbocycles. The molecule has 2 aromatic rings. The van der Waals surface area contributed by atoms with Crippen LogP contribution in [0.25, 0.3) is 0 Å². The van der Waals surface area contributed by atoms with Crippen molar-refractivity contribution in [1.29, 1.82) is 0 Å². The van der Waals surface area contributed by atoms with Crippen molar-refractivity contribution in [2.24, 2.45) is 0 Å². The maximum Gasteiger partial charge on any atom is 0.417 e. The van der Waals surface area contributed by atoms with Crippen molar-refractivity contribution in [3.63, 3.8) is 0 Å². The van der Waals surface area contributed by atoms with Gasteiger partial charge in [0.05, 0.1) is 16.1 Å². The number of amides is 2. The quantitative estimate of drug-likeness (QED) is 0.683. The Bertz CT molecular complexity index is 828. The number of carbonyl (C=O) groups is 2. The second-order valence-corrected chi connectivity index (χ2v) is 6.49. The lowest BCUT2D eigenvalue weighted by Crippen LogP contribution is -2.27. The van der Waals surface area contributed by atoms with Crippen molar-refractivity contribution in [2.45, 2.75) is 12.6 Å². The molecule has 0 aliphatic heterocycles. The average Bonchev–Trinajstić information content (AvgIpc) is 2.56. The molecule has 0 aliphatic rings. The maximum atomic E-state index is 12.9. The zero-order valence-electron chi connectivity index (χ0n) is 13.2. The van der Waals surface area contributed by atoms with Gasteiger partial charge in [-0.25, -0.2) is 0 Å². The Labute approximate surface area is 160 Å². The van der Waals surface area contributed by atoms with Crippen LogP contribution in [0.2, 0.25) is 5.02 Å². The first-order valence-electron chi connectivity index (χ1n) is 7.38. The van der Waals surface area contributed by atoms with Crippen LogP contribution in [0.3, 0.4) is 0 Å². The summed E-state index contributed by atoms with van der Waals surface area (Å²) in [5.74, 6) is -0.966. The SMILES string of the molecule is O=C(CCNC(=O)c1ccccc1Cl)Nc1ccc(Br)c(C(F)(F)F)c1. The number of hydrogen-bond donors (Lipinski definition) is 2. The van der Waals surface area contributed by atoms with Gasteiger partial charge >= 0.3 is 6.18 Å². The molecule has 0 aliphatic carbocycles. The monoisotopic (exact) mass is 448 g/mol. The Morgan fingerprint density at radius 3 is 2.46 bits per heavy atom. The second-order valence-electron chi connectivity index (χ2n) is 5.23. The van der Waals surface area contributed by atoms with Gasteiger partial charge in [0.15, 0.2) is 0 Å². The van der Waals surface area contributed by atoms with Crippen LogP contribution in [0.4, 0.5) is 18.9 Å². The van der Waals surface area contributed by atoms with E-state index in [1.807, 2.05) is 0 Å². The van der Waals surface area contributed by atoms with Crippen molar-refractivity contribution in [1.82, 2.24) is 5.32 Å². The summed E-state index contributed by atoms with van der Waals surface area (Å²) in [5, 5.41) is 5.18. The first kappa shape index (κ1) is 20.3. The molecular weight excluding hydrogens is 437 g/mol. The highest BCUT2D eigenvalue weighted by molar-refractivity contribution is 9.10. The summed E-state index contributed by atoms with van der Waals surface area (Å²) >= 11 is 8.72. The summed E-state index contributed by atoms with van der Waals surface area (Å²) in [6.07, 6.45) is -4.64. The van der Waals surface area contributed by atoms with Gasteiger partial charge in [0.1, 0.15) is 0 Å². The van der Waals surface area contributed by atoms with E-state index < -0.39 is 23.6 Å².